The predicted molar refractivity (Wildman–Crippen MR) is 182 cm³/mol. The van der Waals surface area contributed by atoms with Crippen molar-refractivity contribution in [2.75, 3.05) is 0 Å². The van der Waals surface area contributed by atoms with Crippen LogP contribution in [0.3, 0.4) is 0 Å². The van der Waals surface area contributed by atoms with Gasteiger partial charge >= 0.3 is 0 Å². The molecule has 0 saturated carbocycles. The first-order valence-corrected chi connectivity index (χ1v) is 15.6. The molecule has 1 radical (unpaired) electrons. The molecule has 0 atom stereocenters. The third-order valence-electron chi connectivity index (χ3n) is 7.84. The van der Waals surface area contributed by atoms with E-state index < -0.39 is 0 Å². The van der Waals surface area contributed by atoms with Crippen LogP contribution < -0.4 is 0 Å². The molecule has 0 aliphatic heterocycles. The van der Waals surface area contributed by atoms with Crippen molar-refractivity contribution < 1.29 is 24.5 Å². The number of benzene rings is 3. The van der Waals surface area contributed by atoms with Gasteiger partial charge in [0.05, 0.1) is 5.58 Å². The Morgan fingerprint density at radius 2 is 1.50 bits per heavy atom. The van der Waals surface area contributed by atoms with E-state index in [0.29, 0.717) is 0 Å². The summed E-state index contributed by atoms with van der Waals surface area (Å²) in [6, 6.07) is 27.6. The Balaban J connectivity index is 0.000000204. The minimum absolute atomic E-state index is 0. The largest absolute Gasteiger partial charge is 0.500 e. The van der Waals surface area contributed by atoms with Crippen molar-refractivity contribution in [3.63, 3.8) is 0 Å². The van der Waals surface area contributed by atoms with Gasteiger partial charge in [-0.2, -0.15) is 0 Å². The van der Waals surface area contributed by atoms with Crippen LogP contribution in [0.2, 0.25) is 0 Å². The minimum atomic E-state index is 0. The first kappa shape index (κ1) is 31.8. The minimum Gasteiger partial charge on any atom is -0.500 e. The van der Waals surface area contributed by atoms with Crippen molar-refractivity contribution in [1.82, 2.24) is 9.97 Å². The Morgan fingerprint density at radius 1 is 0.750 bits per heavy atom. The number of hydrogen-bond acceptors (Lipinski definition) is 4. The number of thiophene rings is 1. The van der Waals surface area contributed by atoms with E-state index in [9.17, 15) is 0 Å². The Kier molecular flexibility index (Phi) is 9.22. The molecule has 4 aromatic heterocycles. The van der Waals surface area contributed by atoms with E-state index >= 15 is 0 Å². The van der Waals surface area contributed by atoms with Crippen molar-refractivity contribution in [3.8, 4) is 22.5 Å². The summed E-state index contributed by atoms with van der Waals surface area (Å²) in [5.41, 5.74) is 12.3. The number of furan rings is 1. The van der Waals surface area contributed by atoms with E-state index in [2.05, 4.69) is 119 Å². The maximum Gasteiger partial charge on any atom is 0.129 e. The summed E-state index contributed by atoms with van der Waals surface area (Å²) in [5.74, 6) is 0. The Bertz CT molecular complexity index is 2080. The van der Waals surface area contributed by atoms with Crippen LogP contribution in [0.4, 0.5) is 0 Å². The molecule has 0 aliphatic rings. The molecule has 0 saturated heterocycles. The molecule has 225 valence electrons. The van der Waals surface area contributed by atoms with Crippen LogP contribution in [0.1, 0.15) is 48.6 Å². The van der Waals surface area contributed by atoms with Gasteiger partial charge in [0, 0.05) is 48.0 Å². The van der Waals surface area contributed by atoms with Crippen LogP contribution >= 0.6 is 11.3 Å². The van der Waals surface area contributed by atoms with Gasteiger partial charge in [0.1, 0.15) is 5.58 Å². The van der Waals surface area contributed by atoms with Crippen LogP contribution in [0.5, 0.6) is 0 Å². The fourth-order valence-electron chi connectivity index (χ4n) is 5.33. The van der Waals surface area contributed by atoms with Crippen molar-refractivity contribution >= 4 is 43.4 Å². The molecule has 0 bridgehead atoms. The Hall–Kier alpha value is -3.63. The summed E-state index contributed by atoms with van der Waals surface area (Å²) < 4.78 is 7.66. The van der Waals surface area contributed by atoms with Gasteiger partial charge in [0.2, 0.25) is 0 Å². The normalized spacial score (nSPS) is 11.4. The van der Waals surface area contributed by atoms with Gasteiger partial charge in [-0.1, -0.05) is 68.0 Å². The number of fused-ring (bicyclic) bond motifs is 5. The van der Waals surface area contributed by atoms with Crippen molar-refractivity contribution in [1.29, 1.82) is 0 Å². The third-order valence-corrected chi connectivity index (χ3v) is 8.72. The van der Waals surface area contributed by atoms with Gasteiger partial charge in [0.15, 0.2) is 0 Å². The van der Waals surface area contributed by atoms with Gasteiger partial charge in [-0.15, -0.1) is 64.9 Å². The summed E-state index contributed by atoms with van der Waals surface area (Å²) in [7, 11) is 0. The molecular formula is C39H36IrN2OS-2. The second-order valence-corrected chi connectivity index (χ2v) is 13.6. The summed E-state index contributed by atoms with van der Waals surface area (Å²) >= 11 is 1.74. The number of pyridine rings is 2. The average molecular weight is 773 g/mol. The second kappa shape index (κ2) is 12.8. The van der Waals surface area contributed by atoms with Crippen molar-refractivity contribution in [2.45, 2.75) is 54.9 Å². The zero-order valence-electron chi connectivity index (χ0n) is 26.3. The van der Waals surface area contributed by atoms with Crippen molar-refractivity contribution in [3.05, 3.63) is 118 Å². The van der Waals surface area contributed by atoms with Crippen LogP contribution in [-0.4, -0.2) is 9.97 Å². The van der Waals surface area contributed by atoms with E-state index in [1.807, 2.05) is 24.5 Å². The summed E-state index contributed by atoms with van der Waals surface area (Å²) in [6.45, 7) is 15.2. The molecule has 3 nitrogen and oxygen atoms in total. The fourth-order valence-corrected chi connectivity index (χ4v) is 6.12. The van der Waals surface area contributed by atoms with Gasteiger partial charge in [-0.25, -0.2) is 0 Å². The first-order chi connectivity index (χ1) is 20.6. The van der Waals surface area contributed by atoms with Crippen LogP contribution in [0.25, 0.3) is 54.5 Å². The standard InChI is InChI=1S/C25H22NOS.C14H14N.Ir/c1-15-14-26-21(12-16(15)13-25(2,3)4)19-7-5-6-17-18-8-9-22-20(10-11-28-22)24(18)27-23(17)19;1-10-4-6-13(7-5-10)14-8-11(2)12(3)9-15-14;/h5-6,8-12,14H,13H2,1-4H3;4-6,8-9H,1-3H3;/q2*-1;. The van der Waals surface area contributed by atoms with E-state index in [0.717, 1.165) is 50.9 Å². The summed E-state index contributed by atoms with van der Waals surface area (Å²) in [6.07, 6.45) is 4.90. The van der Waals surface area contributed by atoms with Gasteiger partial charge in [-0.3, -0.25) is 0 Å². The van der Waals surface area contributed by atoms with Gasteiger partial charge in [-0.05, 0) is 72.6 Å². The molecule has 0 unspecified atom stereocenters. The molecular weight excluding hydrogens is 737 g/mol. The van der Waals surface area contributed by atoms with E-state index in [1.165, 1.54) is 37.9 Å². The average Bonchev–Trinajstić information content (AvgIpc) is 3.60. The zero-order valence-corrected chi connectivity index (χ0v) is 29.5. The van der Waals surface area contributed by atoms with Crippen LogP contribution in [-0.2, 0) is 26.5 Å². The smallest absolute Gasteiger partial charge is 0.129 e. The maximum atomic E-state index is 6.42. The topological polar surface area (TPSA) is 38.9 Å². The SMILES string of the molecule is Cc1c[c-]c(-c2cc(C)c(C)cn2)cc1.Cc1cnc(-c2[c-]ccc3c2oc2c4ccsc4ccc32)cc1CC(C)(C)C.[Ir]. The molecule has 7 aromatic rings. The molecule has 3 aromatic carbocycles. The first-order valence-electron chi connectivity index (χ1n) is 14.7. The Morgan fingerprint density at radius 3 is 2.23 bits per heavy atom. The molecule has 0 N–H and O–H groups in total. The molecule has 7 rings (SSSR count). The molecule has 0 aliphatic carbocycles. The van der Waals surface area contributed by atoms with Crippen LogP contribution in [0.15, 0.2) is 82.9 Å². The second-order valence-electron chi connectivity index (χ2n) is 12.6. The summed E-state index contributed by atoms with van der Waals surface area (Å²) in [5, 5.41) is 5.56. The van der Waals surface area contributed by atoms with Gasteiger partial charge < -0.3 is 14.4 Å². The monoisotopic (exact) mass is 773 g/mol. The number of nitrogens with zero attached hydrogens (tertiary/aromatic N) is 2. The number of aryl methyl sites for hydroxylation is 4. The molecule has 4 heterocycles. The van der Waals surface area contributed by atoms with E-state index in [-0.39, 0.29) is 25.5 Å². The zero-order chi connectivity index (χ0) is 30.3. The summed E-state index contributed by atoms with van der Waals surface area (Å²) in [4.78, 5) is 9.13. The maximum absolute atomic E-state index is 6.42. The van der Waals surface area contributed by atoms with Crippen LogP contribution in [0, 0.1) is 45.2 Å². The molecule has 44 heavy (non-hydrogen) atoms. The Labute approximate surface area is 277 Å². The molecule has 5 heteroatoms. The molecule has 0 fully saturated rings. The number of aromatic nitrogens is 2. The molecule has 0 spiro atoms. The van der Waals surface area contributed by atoms with E-state index in [4.69, 9.17) is 9.40 Å². The van der Waals surface area contributed by atoms with Gasteiger partial charge in [0.25, 0.3) is 0 Å². The molecule has 0 amide bonds. The quantitative estimate of drug-likeness (QED) is 0.168. The third kappa shape index (κ3) is 6.56. The predicted octanol–water partition coefficient (Wildman–Crippen LogP) is 11.0. The number of hydrogen-bond donors (Lipinski definition) is 0. The van der Waals surface area contributed by atoms with E-state index in [1.54, 1.807) is 11.3 Å². The van der Waals surface area contributed by atoms with Crippen molar-refractivity contribution in [2.24, 2.45) is 5.41 Å². The number of rotatable bonds is 3. The fraction of sp³-hybridized carbons (Fsp3) is 0.231.